The highest BCUT2D eigenvalue weighted by Crippen LogP contribution is 2.26. The van der Waals surface area contributed by atoms with E-state index in [4.69, 9.17) is 0 Å². The van der Waals surface area contributed by atoms with Crippen molar-refractivity contribution in [2.45, 2.75) is 57.8 Å². The highest BCUT2D eigenvalue weighted by Gasteiger charge is 2.21. The molecule has 0 atom stereocenters. The number of aromatic nitrogens is 2. The lowest BCUT2D eigenvalue weighted by Gasteiger charge is -2.32. The standard InChI is InChI=1S/C20H32N4O/c25-20(19-7-11-22-23-16-19)21-15-18-9-13-24(14-10-18)12-8-17-5-3-1-2-4-6-17/h7,11,16-18H,1-6,8-10,12-15H2,(H,21,25). The van der Waals surface area contributed by atoms with E-state index in [0.717, 1.165) is 12.5 Å². The smallest absolute Gasteiger partial charge is 0.252 e. The van der Waals surface area contributed by atoms with Crippen LogP contribution in [0.25, 0.3) is 0 Å². The van der Waals surface area contributed by atoms with Gasteiger partial charge in [-0.25, -0.2) is 0 Å². The van der Waals surface area contributed by atoms with Gasteiger partial charge in [0.25, 0.3) is 5.91 Å². The first-order valence-corrected chi connectivity index (χ1v) is 10.1. The molecule has 25 heavy (non-hydrogen) atoms. The third-order valence-corrected chi connectivity index (χ3v) is 5.93. The van der Waals surface area contributed by atoms with Crippen molar-refractivity contribution in [3.05, 3.63) is 24.0 Å². The first kappa shape index (κ1) is 18.3. The molecule has 1 amide bonds. The van der Waals surface area contributed by atoms with Crippen molar-refractivity contribution in [2.75, 3.05) is 26.2 Å². The Hall–Kier alpha value is -1.49. The first-order chi connectivity index (χ1) is 12.3. The van der Waals surface area contributed by atoms with Gasteiger partial charge in [-0.2, -0.15) is 10.2 Å². The zero-order valence-corrected chi connectivity index (χ0v) is 15.3. The summed E-state index contributed by atoms with van der Waals surface area (Å²) in [6, 6.07) is 1.71. The zero-order chi connectivity index (χ0) is 17.3. The van der Waals surface area contributed by atoms with Gasteiger partial charge in [0.15, 0.2) is 0 Å². The molecule has 1 N–H and O–H groups in total. The number of carbonyl (C=O) groups is 1. The Kier molecular flexibility index (Phi) is 7.22. The van der Waals surface area contributed by atoms with E-state index in [9.17, 15) is 4.79 Å². The molecule has 0 spiro atoms. The van der Waals surface area contributed by atoms with E-state index in [1.165, 1.54) is 83.6 Å². The number of carbonyl (C=O) groups excluding carboxylic acids is 1. The summed E-state index contributed by atoms with van der Waals surface area (Å²) in [5, 5.41) is 10.5. The molecule has 1 aromatic rings. The van der Waals surface area contributed by atoms with Crippen LogP contribution in [0.2, 0.25) is 0 Å². The van der Waals surface area contributed by atoms with E-state index < -0.39 is 0 Å². The van der Waals surface area contributed by atoms with Gasteiger partial charge in [0, 0.05) is 6.54 Å². The molecule has 2 aliphatic rings. The van der Waals surface area contributed by atoms with E-state index in [2.05, 4.69) is 20.4 Å². The normalized spacial score (nSPS) is 21.0. The van der Waals surface area contributed by atoms with Gasteiger partial charge in [0.05, 0.1) is 18.0 Å². The molecule has 138 valence electrons. The highest BCUT2D eigenvalue weighted by molar-refractivity contribution is 5.93. The minimum Gasteiger partial charge on any atom is -0.352 e. The monoisotopic (exact) mass is 344 g/mol. The largest absolute Gasteiger partial charge is 0.352 e. The molecule has 1 aromatic heterocycles. The van der Waals surface area contributed by atoms with Crippen molar-refractivity contribution in [3.8, 4) is 0 Å². The van der Waals surface area contributed by atoms with E-state index in [1.807, 2.05) is 0 Å². The summed E-state index contributed by atoms with van der Waals surface area (Å²) in [7, 11) is 0. The fourth-order valence-electron chi connectivity index (χ4n) is 4.20. The van der Waals surface area contributed by atoms with Gasteiger partial charge in [-0.3, -0.25) is 4.79 Å². The van der Waals surface area contributed by atoms with E-state index in [1.54, 1.807) is 12.3 Å². The summed E-state index contributed by atoms with van der Waals surface area (Å²) >= 11 is 0. The van der Waals surface area contributed by atoms with Crippen LogP contribution in [0.5, 0.6) is 0 Å². The van der Waals surface area contributed by atoms with Crippen LogP contribution in [0.15, 0.2) is 18.5 Å². The number of nitrogens with one attached hydrogen (secondary N) is 1. The average Bonchev–Trinajstić information content (AvgIpc) is 2.95. The summed E-state index contributed by atoms with van der Waals surface area (Å²) in [5.74, 6) is 1.53. The molecule has 0 radical (unpaired) electrons. The molecule has 5 heteroatoms. The summed E-state index contributed by atoms with van der Waals surface area (Å²) in [5.41, 5.74) is 0.593. The second-order valence-corrected chi connectivity index (χ2v) is 7.77. The van der Waals surface area contributed by atoms with Gasteiger partial charge in [0.1, 0.15) is 0 Å². The second kappa shape index (κ2) is 9.85. The maximum Gasteiger partial charge on any atom is 0.252 e. The van der Waals surface area contributed by atoms with E-state index >= 15 is 0 Å². The van der Waals surface area contributed by atoms with Gasteiger partial charge >= 0.3 is 0 Å². The van der Waals surface area contributed by atoms with Crippen LogP contribution >= 0.6 is 0 Å². The van der Waals surface area contributed by atoms with Gasteiger partial charge in [-0.1, -0.05) is 38.5 Å². The number of hydrogen-bond donors (Lipinski definition) is 1. The Bertz CT molecular complexity index is 506. The third kappa shape index (κ3) is 6.07. The molecule has 1 aliphatic carbocycles. The van der Waals surface area contributed by atoms with Crippen molar-refractivity contribution in [2.24, 2.45) is 11.8 Å². The number of hydrogen-bond acceptors (Lipinski definition) is 4. The first-order valence-electron chi connectivity index (χ1n) is 10.1. The van der Waals surface area contributed by atoms with Crippen molar-refractivity contribution in [1.29, 1.82) is 0 Å². The molecular weight excluding hydrogens is 312 g/mol. The summed E-state index contributed by atoms with van der Waals surface area (Å²) in [6.45, 7) is 4.41. The maximum atomic E-state index is 12.1. The van der Waals surface area contributed by atoms with Gasteiger partial charge in [0.2, 0.25) is 0 Å². The van der Waals surface area contributed by atoms with E-state index in [-0.39, 0.29) is 5.91 Å². The average molecular weight is 345 g/mol. The Morgan fingerprint density at radius 2 is 1.80 bits per heavy atom. The zero-order valence-electron chi connectivity index (χ0n) is 15.3. The third-order valence-electron chi connectivity index (χ3n) is 5.93. The minimum absolute atomic E-state index is 0.0364. The number of likely N-dealkylation sites (tertiary alicyclic amines) is 1. The van der Waals surface area contributed by atoms with Crippen LogP contribution in [0.4, 0.5) is 0 Å². The Morgan fingerprint density at radius 3 is 2.48 bits per heavy atom. The molecule has 0 bridgehead atoms. The highest BCUT2D eigenvalue weighted by atomic mass is 16.1. The Labute approximate surface area is 151 Å². The fourth-order valence-corrected chi connectivity index (χ4v) is 4.20. The summed E-state index contributed by atoms with van der Waals surface area (Å²) < 4.78 is 0. The van der Waals surface area contributed by atoms with Crippen LogP contribution in [0, 0.1) is 11.8 Å². The molecule has 0 unspecified atom stereocenters. The van der Waals surface area contributed by atoms with Crippen molar-refractivity contribution in [3.63, 3.8) is 0 Å². The minimum atomic E-state index is -0.0364. The van der Waals surface area contributed by atoms with Crippen LogP contribution < -0.4 is 5.32 Å². The molecule has 5 nitrogen and oxygen atoms in total. The number of piperidine rings is 1. The Morgan fingerprint density at radius 1 is 1.04 bits per heavy atom. The van der Waals surface area contributed by atoms with Crippen molar-refractivity contribution in [1.82, 2.24) is 20.4 Å². The fraction of sp³-hybridized carbons (Fsp3) is 0.750. The van der Waals surface area contributed by atoms with Crippen LogP contribution in [-0.4, -0.2) is 47.2 Å². The predicted octanol–water partition coefficient (Wildman–Crippen LogP) is 3.28. The molecule has 2 heterocycles. The van der Waals surface area contributed by atoms with Crippen LogP contribution in [-0.2, 0) is 0 Å². The van der Waals surface area contributed by atoms with Crippen LogP contribution in [0.3, 0.4) is 0 Å². The number of nitrogens with zero attached hydrogens (tertiary/aromatic N) is 3. The topological polar surface area (TPSA) is 58.1 Å². The molecule has 3 rings (SSSR count). The van der Waals surface area contributed by atoms with Gasteiger partial charge in [-0.15, -0.1) is 0 Å². The lowest BCUT2D eigenvalue weighted by molar-refractivity contribution is 0.0934. The molecule has 1 saturated carbocycles. The van der Waals surface area contributed by atoms with E-state index in [0.29, 0.717) is 11.5 Å². The summed E-state index contributed by atoms with van der Waals surface area (Å²) in [4.78, 5) is 14.7. The van der Waals surface area contributed by atoms with Crippen molar-refractivity contribution < 1.29 is 4.79 Å². The van der Waals surface area contributed by atoms with Gasteiger partial charge in [-0.05, 0) is 56.8 Å². The lowest BCUT2D eigenvalue weighted by Crippen LogP contribution is -2.39. The van der Waals surface area contributed by atoms with Gasteiger partial charge < -0.3 is 10.2 Å². The number of amides is 1. The molecular formula is C20H32N4O. The Balaban J connectivity index is 1.31. The summed E-state index contributed by atoms with van der Waals surface area (Å²) in [6.07, 6.45) is 15.5. The molecule has 1 saturated heterocycles. The molecule has 1 aliphatic heterocycles. The second-order valence-electron chi connectivity index (χ2n) is 7.77. The lowest BCUT2D eigenvalue weighted by atomic mass is 9.94. The van der Waals surface area contributed by atoms with Crippen LogP contribution in [0.1, 0.15) is 68.1 Å². The SMILES string of the molecule is O=C(NCC1CCN(CCC2CCCCCC2)CC1)c1ccnnc1. The predicted molar refractivity (Wildman–Crippen MR) is 99.3 cm³/mol. The maximum absolute atomic E-state index is 12.1. The number of rotatable bonds is 6. The molecule has 2 fully saturated rings. The molecule has 0 aromatic carbocycles. The van der Waals surface area contributed by atoms with Crippen molar-refractivity contribution >= 4 is 5.91 Å². The quantitative estimate of drug-likeness (QED) is 0.805.